The molecule has 1 aliphatic carbocycles. The molecule has 0 bridgehead atoms. The summed E-state index contributed by atoms with van der Waals surface area (Å²) in [7, 11) is 0. The second-order valence-corrected chi connectivity index (χ2v) is 5.91. The fourth-order valence-corrected chi connectivity index (χ4v) is 3.71. The van der Waals surface area contributed by atoms with E-state index in [1.165, 1.54) is 33.0 Å². The fraction of sp³-hybridized carbons (Fsp3) is 0.100. The maximum absolute atomic E-state index is 4.70. The molecule has 22 heavy (non-hydrogen) atoms. The van der Waals surface area contributed by atoms with Crippen molar-refractivity contribution in [1.82, 2.24) is 9.97 Å². The number of hydrogen-bond acceptors (Lipinski definition) is 2. The normalized spacial score (nSPS) is 12.6. The van der Waals surface area contributed by atoms with Gasteiger partial charge in [0.2, 0.25) is 0 Å². The Labute approximate surface area is 128 Å². The zero-order chi connectivity index (χ0) is 14.7. The van der Waals surface area contributed by atoms with Crippen LogP contribution in [0.1, 0.15) is 16.8 Å². The maximum atomic E-state index is 4.70. The predicted molar refractivity (Wildman–Crippen MR) is 90.0 cm³/mol. The molecule has 0 aliphatic heterocycles. The van der Waals surface area contributed by atoms with Crippen LogP contribution in [0.3, 0.4) is 0 Å². The lowest BCUT2D eigenvalue weighted by molar-refractivity contribution is 1.13. The van der Waals surface area contributed by atoms with Crippen molar-refractivity contribution in [3.63, 3.8) is 0 Å². The summed E-state index contributed by atoms with van der Waals surface area (Å²) in [6.07, 6.45) is 2.78. The van der Waals surface area contributed by atoms with Crippen LogP contribution in [0.2, 0.25) is 0 Å². The van der Waals surface area contributed by atoms with Gasteiger partial charge in [0, 0.05) is 23.7 Å². The lowest BCUT2D eigenvalue weighted by atomic mass is 9.98. The number of aromatic nitrogens is 2. The first-order valence-electron chi connectivity index (χ1n) is 7.58. The SMILES string of the molecule is Cc1nc2ncccc2c2c1Cc1c-2ccc2ccccc12. The summed E-state index contributed by atoms with van der Waals surface area (Å²) in [5.74, 6) is 0. The lowest BCUT2D eigenvalue weighted by Crippen LogP contribution is -1.94. The van der Waals surface area contributed by atoms with Gasteiger partial charge in [-0.1, -0.05) is 36.4 Å². The Morgan fingerprint density at radius 3 is 2.68 bits per heavy atom. The van der Waals surface area contributed by atoms with E-state index in [4.69, 9.17) is 4.98 Å². The van der Waals surface area contributed by atoms with Crippen molar-refractivity contribution in [2.45, 2.75) is 13.3 Å². The Hall–Kier alpha value is -2.74. The molecule has 4 aromatic rings. The molecule has 2 aromatic carbocycles. The molecule has 2 heteroatoms. The molecule has 0 radical (unpaired) electrons. The van der Waals surface area contributed by atoms with Crippen molar-refractivity contribution in [3.8, 4) is 11.1 Å². The third-order valence-corrected chi connectivity index (χ3v) is 4.73. The van der Waals surface area contributed by atoms with Crippen LogP contribution in [-0.4, -0.2) is 9.97 Å². The number of benzene rings is 2. The molecule has 104 valence electrons. The smallest absolute Gasteiger partial charge is 0.159 e. The lowest BCUT2D eigenvalue weighted by Gasteiger charge is -2.08. The molecule has 5 rings (SSSR count). The van der Waals surface area contributed by atoms with Crippen LogP contribution in [0, 0.1) is 6.92 Å². The van der Waals surface area contributed by atoms with Gasteiger partial charge in [-0.3, -0.25) is 0 Å². The summed E-state index contributed by atoms with van der Waals surface area (Å²) in [4.78, 5) is 9.14. The van der Waals surface area contributed by atoms with E-state index in [2.05, 4.69) is 54.4 Å². The summed E-state index contributed by atoms with van der Waals surface area (Å²) in [5.41, 5.74) is 7.40. The highest BCUT2D eigenvalue weighted by Gasteiger charge is 2.25. The number of hydrogen-bond donors (Lipinski definition) is 0. The number of aryl methyl sites for hydroxylation is 1. The molecule has 0 saturated carbocycles. The van der Waals surface area contributed by atoms with Crippen molar-refractivity contribution in [3.05, 3.63) is 71.5 Å². The average molecular weight is 282 g/mol. The Morgan fingerprint density at radius 2 is 1.73 bits per heavy atom. The average Bonchev–Trinajstić information content (AvgIpc) is 2.96. The predicted octanol–water partition coefficient (Wildman–Crippen LogP) is 4.66. The molecule has 2 heterocycles. The third kappa shape index (κ3) is 1.44. The molecule has 0 fully saturated rings. The highest BCUT2D eigenvalue weighted by molar-refractivity contribution is 6.03. The largest absolute Gasteiger partial charge is 0.237 e. The second-order valence-electron chi connectivity index (χ2n) is 5.91. The summed E-state index contributed by atoms with van der Waals surface area (Å²) in [6.45, 7) is 2.10. The van der Waals surface area contributed by atoms with E-state index in [0.717, 1.165) is 23.1 Å². The molecular formula is C20H14N2. The molecule has 0 unspecified atom stereocenters. The highest BCUT2D eigenvalue weighted by atomic mass is 14.8. The first-order chi connectivity index (χ1) is 10.8. The zero-order valence-corrected chi connectivity index (χ0v) is 12.3. The highest BCUT2D eigenvalue weighted by Crippen LogP contribution is 2.44. The molecule has 0 amide bonds. The van der Waals surface area contributed by atoms with Gasteiger partial charge >= 0.3 is 0 Å². The standard InChI is InChI=1S/C20H14N2/c1-12-17-11-18-14-6-3-2-5-13(14)8-9-15(18)19(17)16-7-4-10-21-20(16)22-12/h2-10H,11H2,1H3. The van der Waals surface area contributed by atoms with E-state index in [1.807, 2.05) is 12.3 Å². The summed E-state index contributed by atoms with van der Waals surface area (Å²) in [5, 5.41) is 3.83. The molecular weight excluding hydrogens is 268 g/mol. The monoisotopic (exact) mass is 282 g/mol. The first kappa shape index (κ1) is 11.9. The van der Waals surface area contributed by atoms with Crippen molar-refractivity contribution in [2.75, 3.05) is 0 Å². The van der Waals surface area contributed by atoms with Gasteiger partial charge < -0.3 is 0 Å². The summed E-state index contributed by atoms with van der Waals surface area (Å²) in [6, 6.07) is 17.2. The van der Waals surface area contributed by atoms with Crippen LogP contribution in [0.25, 0.3) is 32.9 Å². The minimum absolute atomic E-state index is 0.847. The number of fused-ring (bicyclic) bond motifs is 7. The number of nitrogens with zero attached hydrogens (tertiary/aromatic N) is 2. The van der Waals surface area contributed by atoms with E-state index < -0.39 is 0 Å². The van der Waals surface area contributed by atoms with Crippen LogP contribution in [0.15, 0.2) is 54.7 Å². The van der Waals surface area contributed by atoms with Crippen LogP contribution in [0.5, 0.6) is 0 Å². The number of pyridine rings is 2. The van der Waals surface area contributed by atoms with E-state index in [1.54, 1.807) is 0 Å². The Morgan fingerprint density at radius 1 is 0.864 bits per heavy atom. The van der Waals surface area contributed by atoms with Crippen molar-refractivity contribution < 1.29 is 0 Å². The molecule has 0 spiro atoms. The quantitative estimate of drug-likeness (QED) is 0.413. The summed E-state index contributed by atoms with van der Waals surface area (Å²) >= 11 is 0. The van der Waals surface area contributed by atoms with Gasteiger partial charge in [0.25, 0.3) is 0 Å². The van der Waals surface area contributed by atoms with Crippen LogP contribution < -0.4 is 0 Å². The Balaban J connectivity index is 1.95. The first-order valence-corrected chi connectivity index (χ1v) is 7.58. The molecule has 2 nitrogen and oxygen atoms in total. The van der Waals surface area contributed by atoms with E-state index in [-0.39, 0.29) is 0 Å². The maximum Gasteiger partial charge on any atom is 0.159 e. The van der Waals surface area contributed by atoms with Gasteiger partial charge in [-0.15, -0.1) is 0 Å². The topological polar surface area (TPSA) is 25.8 Å². The van der Waals surface area contributed by atoms with Crippen LogP contribution in [-0.2, 0) is 6.42 Å². The van der Waals surface area contributed by atoms with Gasteiger partial charge in [0.05, 0.1) is 0 Å². The molecule has 0 atom stereocenters. The van der Waals surface area contributed by atoms with E-state index in [9.17, 15) is 0 Å². The fourth-order valence-electron chi connectivity index (χ4n) is 3.71. The molecule has 2 aromatic heterocycles. The van der Waals surface area contributed by atoms with Gasteiger partial charge in [-0.25, -0.2) is 9.97 Å². The van der Waals surface area contributed by atoms with Gasteiger partial charge in [-0.2, -0.15) is 0 Å². The Bertz CT molecular complexity index is 1060. The third-order valence-electron chi connectivity index (χ3n) is 4.73. The second kappa shape index (κ2) is 4.14. The van der Waals surface area contributed by atoms with E-state index in [0.29, 0.717) is 0 Å². The van der Waals surface area contributed by atoms with Gasteiger partial charge in [0.1, 0.15) is 0 Å². The Kier molecular flexibility index (Phi) is 2.23. The zero-order valence-electron chi connectivity index (χ0n) is 12.3. The number of rotatable bonds is 0. The molecule has 0 saturated heterocycles. The van der Waals surface area contributed by atoms with Crippen molar-refractivity contribution >= 4 is 21.8 Å². The van der Waals surface area contributed by atoms with E-state index >= 15 is 0 Å². The van der Waals surface area contributed by atoms with Crippen molar-refractivity contribution in [1.29, 1.82) is 0 Å². The van der Waals surface area contributed by atoms with Gasteiger partial charge in [0.15, 0.2) is 5.65 Å². The van der Waals surface area contributed by atoms with Crippen LogP contribution >= 0.6 is 0 Å². The van der Waals surface area contributed by atoms with Crippen LogP contribution in [0.4, 0.5) is 0 Å². The minimum atomic E-state index is 0.847. The minimum Gasteiger partial charge on any atom is -0.237 e. The van der Waals surface area contributed by atoms with Crippen molar-refractivity contribution in [2.24, 2.45) is 0 Å². The van der Waals surface area contributed by atoms with Gasteiger partial charge in [-0.05, 0) is 52.1 Å². The summed E-state index contributed by atoms with van der Waals surface area (Å²) < 4.78 is 0. The molecule has 0 N–H and O–H groups in total. The molecule has 1 aliphatic rings.